The molecule has 4 heteroatoms. The number of benzene rings is 3. The van der Waals surface area contributed by atoms with Crippen molar-refractivity contribution in [2.24, 2.45) is 0 Å². The van der Waals surface area contributed by atoms with Crippen LogP contribution in [0.3, 0.4) is 0 Å². The fraction of sp³-hybridized carbons (Fsp3) is 0. The van der Waals surface area contributed by atoms with Gasteiger partial charge in [-0.1, -0.05) is 91.0 Å². The van der Waals surface area contributed by atoms with Crippen LogP contribution in [0.15, 0.2) is 91.0 Å². The van der Waals surface area contributed by atoms with Crippen LogP contribution in [0.5, 0.6) is 0 Å². The number of hydrogen-bond acceptors (Lipinski definition) is 3. The van der Waals surface area contributed by atoms with Gasteiger partial charge in [0.15, 0.2) is 16.2 Å². The number of hydrogen-bond donors (Lipinski definition) is 0. The number of carbonyl (C=O) groups excluding carboxylic acids is 3. The molecule has 121 valence electrons. The zero-order chi connectivity index (χ0) is 17.6. The summed E-state index contributed by atoms with van der Waals surface area (Å²) in [6.45, 7) is 0. The Morgan fingerprint density at radius 1 is 0.440 bits per heavy atom. The van der Waals surface area contributed by atoms with E-state index >= 15 is 0 Å². The van der Waals surface area contributed by atoms with Gasteiger partial charge in [0, 0.05) is 16.7 Å². The highest BCUT2D eigenvalue weighted by Gasteiger charge is 2.39. The Morgan fingerprint density at radius 2 is 0.680 bits per heavy atom. The lowest BCUT2D eigenvalue weighted by atomic mass is 10.2. The Kier molecular flexibility index (Phi) is 5.11. The first-order chi connectivity index (χ1) is 12.2. The van der Waals surface area contributed by atoms with Gasteiger partial charge in [0.1, 0.15) is 0 Å². The first-order valence-electron chi connectivity index (χ1n) is 7.84. The van der Waals surface area contributed by atoms with Crippen LogP contribution >= 0.6 is 0 Å². The fourth-order valence-corrected chi connectivity index (χ4v) is 4.50. The molecule has 0 amide bonds. The van der Waals surface area contributed by atoms with E-state index in [1.807, 2.05) is 0 Å². The van der Waals surface area contributed by atoms with Gasteiger partial charge >= 0.3 is 8.80 Å². The molecule has 3 nitrogen and oxygen atoms in total. The van der Waals surface area contributed by atoms with Gasteiger partial charge in [-0.15, -0.1) is 0 Å². The van der Waals surface area contributed by atoms with Crippen molar-refractivity contribution in [2.75, 3.05) is 0 Å². The molecule has 3 rings (SSSR count). The van der Waals surface area contributed by atoms with Crippen LogP contribution < -0.4 is 0 Å². The van der Waals surface area contributed by atoms with Crippen LogP contribution in [-0.4, -0.2) is 25.0 Å². The molecule has 0 bridgehead atoms. The highest BCUT2D eigenvalue weighted by atomic mass is 28.3. The van der Waals surface area contributed by atoms with Crippen molar-refractivity contribution in [3.63, 3.8) is 0 Å². The minimum Gasteiger partial charge on any atom is -0.299 e. The molecule has 3 aromatic rings. The van der Waals surface area contributed by atoms with Gasteiger partial charge in [-0.25, -0.2) is 0 Å². The van der Waals surface area contributed by atoms with Crippen molar-refractivity contribution < 1.29 is 14.4 Å². The van der Waals surface area contributed by atoms with E-state index in [-0.39, 0.29) is 16.2 Å². The summed E-state index contributed by atoms with van der Waals surface area (Å²) in [4.78, 5) is 38.9. The molecule has 0 aliphatic heterocycles. The molecule has 0 aliphatic carbocycles. The third-order valence-electron chi connectivity index (χ3n) is 3.79. The van der Waals surface area contributed by atoms with E-state index in [4.69, 9.17) is 0 Å². The molecule has 25 heavy (non-hydrogen) atoms. The average molecular weight is 343 g/mol. The lowest BCUT2D eigenvalue weighted by Crippen LogP contribution is -2.44. The normalized spacial score (nSPS) is 10.4. The van der Waals surface area contributed by atoms with E-state index in [1.54, 1.807) is 91.0 Å². The Morgan fingerprint density at radius 3 is 0.920 bits per heavy atom. The van der Waals surface area contributed by atoms with E-state index in [2.05, 4.69) is 0 Å². The van der Waals surface area contributed by atoms with E-state index in [9.17, 15) is 14.4 Å². The summed E-state index contributed by atoms with van der Waals surface area (Å²) in [5.74, 6) is 0. The Labute approximate surface area is 147 Å². The largest absolute Gasteiger partial charge is 0.314 e. The van der Waals surface area contributed by atoms with Crippen molar-refractivity contribution >= 4 is 25.0 Å². The molecule has 0 saturated heterocycles. The second kappa shape index (κ2) is 7.64. The molecule has 0 unspecified atom stereocenters. The number of rotatable bonds is 6. The minimum absolute atomic E-state index is 0.381. The summed E-state index contributed by atoms with van der Waals surface area (Å²) in [5, 5.41) is -1.14. The van der Waals surface area contributed by atoms with Gasteiger partial charge < -0.3 is 0 Å². The van der Waals surface area contributed by atoms with Gasteiger partial charge in [-0.3, -0.25) is 14.4 Å². The topological polar surface area (TPSA) is 51.2 Å². The summed E-state index contributed by atoms with van der Waals surface area (Å²) < 4.78 is 0. The molecule has 0 atom stereocenters. The first kappa shape index (κ1) is 16.7. The van der Waals surface area contributed by atoms with Crippen LogP contribution in [0.25, 0.3) is 0 Å². The molecular formula is C21H15O3Si. The average Bonchev–Trinajstić information content (AvgIpc) is 2.70. The van der Waals surface area contributed by atoms with Crippen molar-refractivity contribution in [2.45, 2.75) is 0 Å². The molecule has 0 saturated carbocycles. The standard InChI is InChI=1S/C21H15O3Si/c22-19(16-10-4-1-5-11-16)25(20(23)17-12-6-2-7-13-17)21(24)18-14-8-3-9-15-18/h1-15H. The summed E-state index contributed by atoms with van der Waals surface area (Å²) in [7, 11) is -2.65. The van der Waals surface area contributed by atoms with Gasteiger partial charge in [-0.05, 0) is 0 Å². The molecule has 0 spiro atoms. The van der Waals surface area contributed by atoms with Crippen molar-refractivity contribution in [3.8, 4) is 0 Å². The van der Waals surface area contributed by atoms with E-state index in [0.29, 0.717) is 16.7 Å². The third kappa shape index (κ3) is 3.70. The second-order valence-electron chi connectivity index (χ2n) is 5.46. The smallest absolute Gasteiger partial charge is 0.299 e. The van der Waals surface area contributed by atoms with E-state index in [1.165, 1.54) is 0 Å². The maximum atomic E-state index is 13.0. The van der Waals surface area contributed by atoms with Crippen LogP contribution in [0.2, 0.25) is 0 Å². The summed E-state index contributed by atoms with van der Waals surface area (Å²) in [5.41, 5.74) is 1.18. The Bertz CT molecular complexity index is 768. The molecule has 0 heterocycles. The highest BCUT2D eigenvalue weighted by Crippen LogP contribution is 2.13. The zero-order valence-corrected chi connectivity index (χ0v) is 14.4. The van der Waals surface area contributed by atoms with E-state index < -0.39 is 8.80 Å². The van der Waals surface area contributed by atoms with Crippen LogP contribution in [-0.2, 0) is 0 Å². The maximum absolute atomic E-state index is 13.0. The van der Waals surface area contributed by atoms with Gasteiger partial charge in [0.2, 0.25) is 0 Å². The lowest BCUT2D eigenvalue weighted by Gasteiger charge is -2.12. The van der Waals surface area contributed by atoms with Gasteiger partial charge in [0.05, 0.1) is 0 Å². The third-order valence-corrected chi connectivity index (χ3v) is 6.02. The maximum Gasteiger partial charge on any atom is 0.314 e. The van der Waals surface area contributed by atoms with Gasteiger partial charge in [-0.2, -0.15) is 0 Å². The van der Waals surface area contributed by atoms with Crippen molar-refractivity contribution in [1.82, 2.24) is 0 Å². The zero-order valence-electron chi connectivity index (χ0n) is 13.4. The first-order valence-corrected chi connectivity index (χ1v) is 9.34. The second-order valence-corrected chi connectivity index (χ2v) is 7.57. The SMILES string of the molecule is O=C(c1ccccc1)[Si](C(=O)c1ccccc1)C(=O)c1ccccc1. The monoisotopic (exact) mass is 343 g/mol. The molecular weight excluding hydrogens is 328 g/mol. The summed E-state index contributed by atoms with van der Waals surface area (Å²) in [6.07, 6.45) is 0. The minimum atomic E-state index is -2.65. The molecule has 0 aromatic heterocycles. The number of carbonyl (C=O) groups is 3. The predicted molar refractivity (Wildman–Crippen MR) is 98.1 cm³/mol. The Hall–Kier alpha value is -3.11. The molecule has 0 fully saturated rings. The Balaban J connectivity index is 2.04. The summed E-state index contributed by atoms with van der Waals surface area (Å²) >= 11 is 0. The fourth-order valence-electron chi connectivity index (χ4n) is 2.51. The van der Waals surface area contributed by atoms with Gasteiger partial charge in [0.25, 0.3) is 0 Å². The summed E-state index contributed by atoms with van der Waals surface area (Å²) in [6, 6.07) is 25.6. The van der Waals surface area contributed by atoms with E-state index in [0.717, 1.165) is 0 Å². The van der Waals surface area contributed by atoms with Crippen LogP contribution in [0, 0.1) is 0 Å². The molecule has 3 aromatic carbocycles. The molecule has 1 radical (unpaired) electrons. The highest BCUT2D eigenvalue weighted by molar-refractivity contribution is 7.31. The quantitative estimate of drug-likeness (QED) is 0.641. The van der Waals surface area contributed by atoms with Crippen molar-refractivity contribution in [3.05, 3.63) is 108 Å². The predicted octanol–water partition coefficient (Wildman–Crippen LogP) is 3.75. The van der Waals surface area contributed by atoms with Crippen molar-refractivity contribution in [1.29, 1.82) is 0 Å². The molecule has 0 N–H and O–H groups in total. The van der Waals surface area contributed by atoms with Crippen LogP contribution in [0.1, 0.15) is 31.1 Å². The molecule has 0 aliphatic rings. The van der Waals surface area contributed by atoms with Crippen LogP contribution in [0.4, 0.5) is 0 Å². The lowest BCUT2D eigenvalue weighted by molar-refractivity contribution is 0.0995.